The van der Waals surface area contributed by atoms with Gasteiger partial charge in [-0.25, -0.2) is 4.79 Å². The molecule has 2 amide bonds. The number of para-hydroxylation sites is 1. The number of amides is 2. The molecule has 6 heteroatoms. The molecule has 0 saturated carbocycles. The molecule has 1 fully saturated rings. The monoisotopic (exact) mass is 349 g/mol. The summed E-state index contributed by atoms with van der Waals surface area (Å²) < 4.78 is 11.9. The van der Waals surface area contributed by atoms with Gasteiger partial charge in [0.1, 0.15) is 0 Å². The summed E-state index contributed by atoms with van der Waals surface area (Å²) in [6, 6.07) is 8.72. The Morgan fingerprint density at radius 2 is 2.08 bits per heavy atom. The third-order valence-corrected chi connectivity index (χ3v) is 7.19. The fraction of sp³-hybridized carbons (Fsp3) is 0.611. The molecule has 3 rings (SSSR count). The zero-order valence-corrected chi connectivity index (χ0v) is 15.5. The van der Waals surface area contributed by atoms with Crippen LogP contribution in [0.5, 0.6) is 0 Å². The highest BCUT2D eigenvalue weighted by molar-refractivity contribution is 7.85. The molecule has 0 spiro atoms. The van der Waals surface area contributed by atoms with E-state index in [1.165, 1.54) is 11.3 Å². The van der Waals surface area contributed by atoms with E-state index in [2.05, 4.69) is 41.4 Å². The van der Waals surface area contributed by atoms with Crippen LogP contribution in [0, 0.1) is 0 Å². The molecule has 0 aliphatic carbocycles. The minimum atomic E-state index is -0.822. The minimum Gasteiger partial charge on any atom is -0.366 e. The molecule has 2 aliphatic heterocycles. The Bertz CT molecular complexity index is 636. The first-order valence-electron chi connectivity index (χ1n) is 8.75. The normalized spacial score (nSPS) is 27.7. The summed E-state index contributed by atoms with van der Waals surface area (Å²) in [6.45, 7) is 8.30. The molecule has 1 N–H and O–H groups in total. The summed E-state index contributed by atoms with van der Waals surface area (Å²) in [7, 11) is -0.822. The van der Waals surface area contributed by atoms with Crippen LogP contribution in [0.2, 0.25) is 0 Å². The quantitative estimate of drug-likeness (QED) is 0.908. The Morgan fingerprint density at radius 1 is 1.33 bits per heavy atom. The Hall–Kier alpha value is -1.56. The smallest absolute Gasteiger partial charge is 0.317 e. The zero-order chi connectivity index (χ0) is 17.3. The third kappa shape index (κ3) is 3.29. The zero-order valence-electron chi connectivity index (χ0n) is 14.7. The summed E-state index contributed by atoms with van der Waals surface area (Å²) in [6.07, 6.45) is 1.07. The number of anilines is 1. The van der Waals surface area contributed by atoms with Gasteiger partial charge in [-0.3, -0.25) is 4.21 Å². The maximum absolute atomic E-state index is 12.5. The van der Waals surface area contributed by atoms with Crippen molar-refractivity contribution in [1.82, 2.24) is 10.2 Å². The molecule has 2 aliphatic rings. The topological polar surface area (TPSA) is 52.7 Å². The van der Waals surface area contributed by atoms with Crippen molar-refractivity contribution in [2.75, 3.05) is 30.3 Å². The van der Waals surface area contributed by atoms with Gasteiger partial charge >= 0.3 is 6.03 Å². The van der Waals surface area contributed by atoms with Crippen molar-refractivity contribution in [3.63, 3.8) is 0 Å². The number of fused-ring (bicyclic) bond motifs is 1. The molecule has 4 atom stereocenters. The molecule has 0 unspecified atom stereocenters. The number of benzene rings is 1. The van der Waals surface area contributed by atoms with E-state index in [9.17, 15) is 9.00 Å². The molecule has 1 saturated heterocycles. The van der Waals surface area contributed by atoms with Crippen LogP contribution in [0.1, 0.15) is 26.3 Å². The van der Waals surface area contributed by atoms with Gasteiger partial charge in [-0.15, -0.1) is 0 Å². The van der Waals surface area contributed by atoms with Crippen molar-refractivity contribution < 1.29 is 9.00 Å². The standard InChI is InChI=1S/C18H27N3O2S/c1-13(20-9-8-16-6-4-5-7-17(16)20)12-19-18(22)21-10-11-24(23)15(3)14(21)2/h4-7,13-15H,8-12H2,1-3H3,(H,19,22)/t13-,14+,15-,24+/m0/s1. The van der Waals surface area contributed by atoms with E-state index < -0.39 is 10.8 Å². The van der Waals surface area contributed by atoms with Gasteiger partial charge in [0.2, 0.25) is 0 Å². The summed E-state index contributed by atoms with van der Waals surface area (Å²) in [5.74, 6) is 0.577. The van der Waals surface area contributed by atoms with E-state index in [1.807, 2.05) is 18.7 Å². The van der Waals surface area contributed by atoms with Crippen LogP contribution in [0.3, 0.4) is 0 Å². The van der Waals surface area contributed by atoms with E-state index in [0.717, 1.165) is 13.0 Å². The maximum atomic E-state index is 12.5. The van der Waals surface area contributed by atoms with Crippen molar-refractivity contribution >= 4 is 22.5 Å². The van der Waals surface area contributed by atoms with Gasteiger partial charge in [0.15, 0.2) is 0 Å². The SMILES string of the molecule is C[C@@H]1[C@H](C)[S@](=O)CCN1C(=O)NC[C@H](C)N1CCc2ccccc21. The molecule has 5 nitrogen and oxygen atoms in total. The van der Waals surface area contributed by atoms with E-state index in [4.69, 9.17) is 0 Å². The third-order valence-electron chi connectivity index (χ3n) is 5.38. The number of carbonyl (C=O) groups excluding carboxylic acids is 1. The Labute approximate surface area is 146 Å². The fourth-order valence-electron chi connectivity index (χ4n) is 3.61. The highest BCUT2D eigenvalue weighted by Crippen LogP contribution is 2.28. The predicted molar refractivity (Wildman–Crippen MR) is 99.0 cm³/mol. The van der Waals surface area contributed by atoms with Crippen molar-refractivity contribution in [3.8, 4) is 0 Å². The summed E-state index contributed by atoms with van der Waals surface area (Å²) in [4.78, 5) is 16.7. The van der Waals surface area contributed by atoms with E-state index in [0.29, 0.717) is 18.8 Å². The van der Waals surface area contributed by atoms with Gasteiger partial charge in [0.25, 0.3) is 0 Å². The number of nitrogens with one attached hydrogen (secondary N) is 1. The van der Waals surface area contributed by atoms with E-state index in [-0.39, 0.29) is 23.4 Å². The van der Waals surface area contributed by atoms with Gasteiger partial charge in [-0.1, -0.05) is 18.2 Å². The van der Waals surface area contributed by atoms with Crippen molar-refractivity contribution in [3.05, 3.63) is 29.8 Å². The molecular formula is C18H27N3O2S. The van der Waals surface area contributed by atoms with Gasteiger partial charge in [-0.05, 0) is 38.8 Å². The van der Waals surface area contributed by atoms with Gasteiger partial charge in [-0.2, -0.15) is 0 Å². The summed E-state index contributed by atoms with van der Waals surface area (Å²) in [5, 5.41) is 3.11. The second-order valence-corrected chi connectivity index (χ2v) is 8.74. The van der Waals surface area contributed by atoms with Crippen molar-refractivity contribution in [2.24, 2.45) is 0 Å². The van der Waals surface area contributed by atoms with Crippen LogP contribution in [0.15, 0.2) is 24.3 Å². The molecular weight excluding hydrogens is 322 g/mol. The van der Waals surface area contributed by atoms with Crippen LogP contribution in [-0.4, -0.2) is 57.9 Å². The number of carbonyl (C=O) groups is 1. The van der Waals surface area contributed by atoms with Crippen LogP contribution < -0.4 is 10.2 Å². The first-order chi connectivity index (χ1) is 11.5. The summed E-state index contributed by atoms with van der Waals surface area (Å²) >= 11 is 0. The van der Waals surface area contributed by atoms with Crippen LogP contribution in [0.4, 0.5) is 10.5 Å². The van der Waals surface area contributed by atoms with Crippen molar-refractivity contribution in [2.45, 2.75) is 44.5 Å². The number of rotatable bonds is 3. The van der Waals surface area contributed by atoms with Crippen LogP contribution >= 0.6 is 0 Å². The molecule has 132 valence electrons. The molecule has 24 heavy (non-hydrogen) atoms. The Balaban J connectivity index is 1.56. The largest absolute Gasteiger partial charge is 0.366 e. The lowest BCUT2D eigenvalue weighted by Gasteiger charge is -2.37. The average molecular weight is 350 g/mol. The second kappa shape index (κ2) is 7.13. The highest BCUT2D eigenvalue weighted by Gasteiger charge is 2.33. The number of hydrogen-bond acceptors (Lipinski definition) is 3. The van der Waals surface area contributed by atoms with Crippen LogP contribution in [-0.2, 0) is 17.2 Å². The number of nitrogens with zero attached hydrogens (tertiary/aromatic N) is 2. The predicted octanol–water partition coefficient (Wildman–Crippen LogP) is 1.99. The second-order valence-electron chi connectivity index (χ2n) is 6.83. The first kappa shape index (κ1) is 17.3. The number of urea groups is 1. The van der Waals surface area contributed by atoms with Gasteiger partial charge in [0.05, 0.1) is 5.25 Å². The molecule has 1 aromatic carbocycles. The molecule has 0 bridgehead atoms. The maximum Gasteiger partial charge on any atom is 0.317 e. The Morgan fingerprint density at radius 3 is 2.88 bits per heavy atom. The lowest BCUT2D eigenvalue weighted by atomic mass is 10.2. The molecule has 0 radical (unpaired) electrons. The highest BCUT2D eigenvalue weighted by atomic mass is 32.2. The van der Waals surface area contributed by atoms with E-state index >= 15 is 0 Å². The molecule has 0 aromatic heterocycles. The first-order valence-corrected chi connectivity index (χ1v) is 10.1. The van der Waals surface area contributed by atoms with Gasteiger partial charge in [0, 0.05) is 54.0 Å². The van der Waals surface area contributed by atoms with Gasteiger partial charge < -0.3 is 15.1 Å². The average Bonchev–Trinajstić information content (AvgIpc) is 3.01. The number of hydrogen-bond donors (Lipinski definition) is 1. The minimum absolute atomic E-state index is 0.0161. The van der Waals surface area contributed by atoms with Crippen molar-refractivity contribution in [1.29, 1.82) is 0 Å². The Kier molecular flexibility index (Phi) is 5.13. The molecule has 2 heterocycles. The molecule has 1 aromatic rings. The summed E-state index contributed by atoms with van der Waals surface area (Å²) in [5.41, 5.74) is 2.67. The lowest BCUT2D eigenvalue weighted by Crippen LogP contribution is -2.56. The van der Waals surface area contributed by atoms with Crippen LogP contribution in [0.25, 0.3) is 0 Å². The fourth-order valence-corrected chi connectivity index (χ4v) is 4.94. The lowest BCUT2D eigenvalue weighted by molar-refractivity contribution is 0.179. The van der Waals surface area contributed by atoms with E-state index in [1.54, 1.807) is 0 Å².